The van der Waals surface area contributed by atoms with Crippen LogP contribution in [0.15, 0.2) is 78.9 Å². The number of nitrogens with zero attached hydrogens (tertiary/aromatic N) is 1. The highest BCUT2D eigenvalue weighted by Gasteiger charge is 2.33. The zero-order valence-electron chi connectivity index (χ0n) is 12.8. The van der Waals surface area contributed by atoms with Gasteiger partial charge in [-0.2, -0.15) is 0 Å². The van der Waals surface area contributed by atoms with Crippen LogP contribution in [0.3, 0.4) is 0 Å². The van der Waals surface area contributed by atoms with Gasteiger partial charge in [-0.1, -0.05) is 42.5 Å². The third-order valence-electron chi connectivity index (χ3n) is 4.15. The minimum absolute atomic E-state index is 0.107. The average molecular weight is 318 g/mol. The van der Waals surface area contributed by atoms with Crippen molar-refractivity contribution in [2.45, 2.75) is 6.17 Å². The van der Waals surface area contributed by atoms with Crippen molar-refractivity contribution in [2.75, 3.05) is 10.2 Å². The van der Waals surface area contributed by atoms with Gasteiger partial charge in [-0.25, -0.2) is 4.39 Å². The van der Waals surface area contributed by atoms with E-state index in [1.807, 2.05) is 48.5 Å². The first kappa shape index (κ1) is 14.5. The molecule has 4 heteroatoms. The van der Waals surface area contributed by atoms with Crippen LogP contribution in [0, 0.1) is 5.82 Å². The van der Waals surface area contributed by atoms with Crippen molar-refractivity contribution in [3.05, 3.63) is 95.8 Å². The summed E-state index contributed by atoms with van der Waals surface area (Å²) in [6.45, 7) is 0. The lowest BCUT2D eigenvalue weighted by Crippen LogP contribution is -2.43. The summed E-state index contributed by atoms with van der Waals surface area (Å²) in [7, 11) is 0. The summed E-state index contributed by atoms with van der Waals surface area (Å²) >= 11 is 0. The number of anilines is 2. The van der Waals surface area contributed by atoms with Crippen LogP contribution in [0.1, 0.15) is 22.1 Å². The molecular formula is C20H15FN2O. The zero-order valence-corrected chi connectivity index (χ0v) is 12.8. The van der Waals surface area contributed by atoms with E-state index in [0.29, 0.717) is 11.3 Å². The molecule has 0 fully saturated rings. The molecule has 3 nitrogen and oxygen atoms in total. The Morgan fingerprint density at radius 3 is 2.25 bits per heavy atom. The molecule has 0 saturated heterocycles. The van der Waals surface area contributed by atoms with Crippen molar-refractivity contribution >= 4 is 17.3 Å². The SMILES string of the molecule is O=C1c2ccccc2N[C@@H](c2ccccc2)N1c1ccc(F)cc1. The largest absolute Gasteiger partial charge is 0.360 e. The smallest absolute Gasteiger partial charge is 0.262 e. The van der Waals surface area contributed by atoms with Crippen LogP contribution in [-0.2, 0) is 0 Å². The van der Waals surface area contributed by atoms with Crippen LogP contribution >= 0.6 is 0 Å². The second kappa shape index (κ2) is 5.81. The zero-order chi connectivity index (χ0) is 16.5. The highest BCUT2D eigenvalue weighted by molar-refractivity contribution is 6.12. The van der Waals surface area contributed by atoms with Crippen molar-refractivity contribution in [1.29, 1.82) is 0 Å². The summed E-state index contributed by atoms with van der Waals surface area (Å²) in [4.78, 5) is 14.7. The van der Waals surface area contributed by atoms with Crippen molar-refractivity contribution < 1.29 is 9.18 Å². The van der Waals surface area contributed by atoms with Gasteiger partial charge in [0.05, 0.1) is 5.56 Å². The van der Waals surface area contributed by atoms with E-state index in [9.17, 15) is 9.18 Å². The van der Waals surface area contributed by atoms with E-state index in [0.717, 1.165) is 11.3 Å². The molecule has 4 rings (SSSR count). The molecule has 0 aromatic heterocycles. The van der Waals surface area contributed by atoms with Gasteiger partial charge < -0.3 is 5.32 Å². The molecule has 1 amide bonds. The van der Waals surface area contributed by atoms with Gasteiger partial charge in [0.1, 0.15) is 12.0 Å². The minimum Gasteiger partial charge on any atom is -0.360 e. The second-order valence-electron chi connectivity index (χ2n) is 5.65. The normalized spacial score (nSPS) is 16.5. The van der Waals surface area contributed by atoms with E-state index < -0.39 is 0 Å². The molecule has 3 aromatic rings. The van der Waals surface area contributed by atoms with Crippen molar-refractivity contribution in [1.82, 2.24) is 0 Å². The quantitative estimate of drug-likeness (QED) is 0.749. The molecule has 1 atom stereocenters. The number of carbonyl (C=O) groups excluding carboxylic acids is 1. The van der Waals surface area contributed by atoms with Crippen molar-refractivity contribution in [3.63, 3.8) is 0 Å². The molecular weight excluding hydrogens is 303 g/mol. The third kappa shape index (κ3) is 2.42. The minimum atomic E-state index is -0.348. The van der Waals surface area contributed by atoms with E-state index in [1.54, 1.807) is 23.1 Å². The Labute approximate surface area is 139 Å². The fourth-order valence-electron chi connectivity index (χ4n) is 2.99. The van der Waals surface area contributed by atoms with Gasteiger partial charge >= 0.3 is 0 Å². The number of halogens is 1. The number of hydrogen-bond acceptors (Lipinski definition) is 2. The van der Waals surface area contributed by atoms with Crippen LogP contribution in [-0.4, -0.2) is 5.91 Å². The van der Waals surface area contributed by atoms with Crippen LogP contribution in [0.4, 0.5) is 15.8 Å². The number of benzene rings is 3. The van der Waals surface area contributed by atoms with E-state index in [1.165, 1.54) is 12.1 Å². The first-order valence-corrected chi connectivity index (χ1v) is 7.74. The van der Waals surface area contributed by atoms with Crippen molar-refractivity contribution in [2.24, 2.45) is 0 Å². The molecule has 118 valence electrons. The van der Waals surface area contributed by atoms with Crippen LogP contribution in [0.5, 0.6) is 0 Å². The van der Waals surface area contributed by atoms with Gasteiger partial charge in [-0.3, -0.25) is 9.69 Å². The molecule has 1 N–H and O–H groups in total. The molecule has 1 aliphatic rings. The predicted octanol–water partition coefficient (Wildman–Crippen LogP) is 4.60. The van der Waals surface area contributed by atoms with Crippen LogP contribution < -0.4 is 10.2 Å². The Hall–Kier alpha value is -3.14. The summed E-state index contributed by atoms with van der Waals surface area (Å²) in [5.41, 5.74) is 3.02. The fraction of sp³-hybridized carbons (Fsp3) is 0.0500. The molecule has 0 bridgehead atoms. The summed E-state index contributed by atoms with van der Waals surface area (Å²) < 4.78 is 13.3. The standard InChI is InChI=1S/C20H15FN2O/c21-15-10-12-16(13-11-15)23-19(14-6-2-1-3-7-14)22-18-9-5-4-8-17(18)20(23)24/h1-13,19,22H/t19-/m1/s1. The van der Waals surface area contributed by atoms with E-state index in [-0.39, 0.29) is 17.9 Å². The van der Waals surface area contributed by atoms with Crippen LogP contribution in [0.25, 0.3) is 0 Å². The second-order valence-corrected chi connectivity index (χ2v) is 5.65. The fourth-order valence-corrected chi connectivity index (χ4v) is 2.99. The highest BCUT2D eigenvalue weighted by Crippen LogP contribution is 2.36. The molecule has 0 radical (unpaired) electrons. The molecule has 0 spiro atoms. The number of hydrogen-bond donors (Lipinski definition) is 1. The summed E-state index contributed by atoms with van der Waals surface area (Å²) in [5.74, 6) is -0.433. The lowest BCUT2D eigenvalue weighted by atomic mass is 10.0. The number of rotatable bonds is 2. The molecule has 0 aliphatic carbocycles. The first-order chi connectivity index (χ1) is 11.7. The molecule has 1 heterocycles. The van der Waals surface area contributed by atoms with E-state index >= 15 is 0 Å². The van der Waals surface area contributed by atoms with E-state index in [2.05, 4.69) is 5.32 Å². The Balaban J connectivity index is 1.86. The molecule has 1 aliphatic heterocycles. The molecule has 0 saturated carbocycles. The first-order valence-electron chi connectivity index (χ1n) is 7.74. The monoisotopic (exact) mass is 318 g/mol. The topological polar surface area (TPSA) is 32.3 Å². The average Bonchev–Trinajstić information content (AvgIpc) is 2.63. The number of amides is 1. The lowest BCUT2D eigenvalue weighted by molar-refractivity contribution is 0.0975. The number of para-hydroxylation sites is 1. The van der Waals surface area contributed by atoms with Crippen molar-refractivity contribution in [3.8, 4) is 0 Å². The Morgan fingerprint density at radius 2 is 1.50 bits per heavy atom. The number of fused-ring (bicyclic) bond motifs is 1. The van der Waals surface area contributed by atoms with Gasteiger partial charge in [0, 0.05) is 11.4 Å². The summed E-state index contributed by atoms with van der Waals surface area (Å²) in [6, 6.07) is 23.1. The number of nitrogens with one attached hydrogen (secondary N) is 1. The predicted molar refractivity (Wildman–Crippen MR) is 92.5 cm³/mol. The number of carbonyl (C=O) groups is 1. The third-order valence-corrected chi connectivity index (χ3v) is 4.15. The summed E-state index contributed by atoms with van der Waals surface area (Å²) in [5, 5.41) is 3.42. The Bertz CT molecular complexity index is 878. The molecule has 3 aromatic carbocycles. The van der Waals surface area contributed by atoms with Gasteiger partial charge in [0.2, 0.25) is 0 Å². The Morgan fingerprint density at radius 1 is 0.833 bits per heavy atom. The van der Waals surface area contributed by atoms with Gasteiger partial charge in [0.25, 0.3) is 5.91 Å². The lowest BCUT2D eigenvalue weighted by Gasteiger charge is -2.38. The Kier molecular flexibility index (Phi) is 3.50. The van der Waals surface area contributed by atoms with Crippen LogP contribution in [0.2, 0.25) is 0 Å². The maximum Gasteiger partial charge on any atom is 0.262 e. The van der Waals surface area contributed by atoms with Gasteiger partial charge in [-0.05, 0) is 42.0 Å². The maximum absolute atomic E-state index is 13.3. The molecule has 0 unspecified atom stereocenters. The summed E-state index contributed by atoms with van der Waals surface area (Å²) in [6.07, 6.45) is -0.348. The molecule has 24 heavy (non-hydrogen) atoms. The van der Waals surface area contributed by atoms with Gasteiger partial charge in [-0.15, -0.1) is 0 Å². The maximum atomic E-state index is 13.3. The van der Waals surface area contributed by atoms with Gasteiger partial charge in [0.15, 0.2) is 0 Å². The van der Waals surface area contributed by atoms with E-state index in [4.69, 9.17) is 0 Å². The highest BCUT2D eigenvalue weighted by atomic mass is 19.1.